The van der Waals surface area contributed by atoms with Crippen LogP contribution in [0.25, 0.3) is 0 Å². The molecule has 0 saturated heterocycles. The van der Waals surface area contributed by atoms with Crippen molar-refractivity contribution in [2.75, 3.05) is 11.9 Å². The van der Waals surface area contributed by atoms with Crippen molar-refractivity contribution in [3.8, 4) is 0 Å². The molecule has 0 N–H and O–H groups in total. The summed E-state index contributed by atoms with van der Waals surface area (Å²) in [5, 5.41) is 1.10. The van der Waals surface area contributed by atoms with E-state index in [9.17, 15) is 8.42 Å². The lowest BCUT2D eigenvalue weighted by atomic mass is 9.93. The molecule has 1 aromatic carbocycles. The Morgan fingerprint density at radius 3 is 2.53 bits per heavy atom. The van der Waals surface area contributed by atoms with Crippen molar-refractivity contribution < 1.29 is 8.42 Å². The average molecular weight is 367 g/mol. The lowest BCUT2D eigenvalue weighted by molar-refractivity contribution is 0.220. The summed E-state index contributed by atoms with van der Waals surface area (Å²) < 4.78 is 27.1. The van der Waals surface area contributed by atoms with Gasteiger partial charge in [0, 0.05) is 17.9 Å². The van der Waals surface area contributed by atoms with E-state index < -0.39 is 10.0 Å². The number of benzene rings is 1. The molecule has 1 saturated carbocycles. The van der Waals surface area contributed by atoms with Crippen LogP contribution in [0.2, 0.25) is 5.02 Å². The summed E-state index contributed by atoms with van der Waals surface area (Å²) >= 11 is 9.39. The highest BCUT2D eigenvalue weighted by Crippen LogP contribution is 2.32. The second-order valence-electron chi connectivity index (χ2n) is 4.67. The van der Waals surface area contributed by atoms with Crippen LogP contribution in [-0.2, 0) is 10.0 Å². The molecule has 1 aliphatic carbocycles. The molecule has 0 unspecified atom stereocenters. The lowest BCUT2D eigenvalue weighted by Gasteiger charge is -2.36. The summed E-state index contributed by atoms with van der Waals surface area (Å²) in [6.07, 6.45) is 3.81. The number of hydrogen-bond donors (Lipinski definition) is 0. The molecule has 6 heteroatoms. The molecule has 0 aliphatic heterocycles. The van der Waals surface area contributed by atoms with Crippen LogP contribution in [0.3, 0.4) is 0 Å². The minimum Gasteiger partial charge on any atom is -0.207 e. The molecule has 0 amide bonds. The molecule has 0 spiro atoms. The van der Waals surface area contributed by atoms with Crippen LogP contribution >= 0.6 is 27.5 Å². The second kappa shape index (κ2) is 6.57. The molecule has 1 fully saturated rings. The van der Waals surface area contributed by atoms with Crippen LogP contribution < -0.4 is 0 Å². The topological polar surface area (TPSA) is 37.4 Å². The third kappa shape index (κ3) is 3.32. The standard InChI is InChI=1S/C13H17BrClNO2S/c14-9-4-10-16(11-5-3-6-11)19(17,18)13-8-2-1-7-12(13)15/h1-2,7-8,11H,3-6,9-10H2. The highest BCUT2D eigenvalue weighted by atomic mass is 79.9. The normalized spacial score (nSPS) is 16.6. The van der Waals surface area contributed by atoms with E-state index in [0.717, 1.165) is 31.0 Å². The van der Waals surface area contributed by atoms with Gasteiger partial charge in [-0.05, 0) is 31.4 Å². The molecule has 0 atom stereocenters. The van der Waals surface area contributed by atoms with E-state index >= 15 is 0 Å². The molecule has 1 aliphatic rings. The monoisotopic (exact) mass is 365 g/mol. The van der Waals surface area contributed by atoms with Gasteiger partial charge in [0.2, 0.25) is 10.0 Å². The molecule has 19 heavy (non-hydrogen) atoms. The zero-order valence-corrected chi connectivity index (χ0v) is 13.7. The molecule has 1 aromatic rings. The van der Waals surface area contributed by atoms with Crippen molar-refractivity contribution in [2.45, 2.75) is 36.6 Å². The maximum absolute atomic E-state index is 12.7. The molecular weight excluding hydrogens is 350 g/mol. The summed E-state index contributed by atoms with van der Waals surface area (Å²) in [4.78, 5) is 0.220. The van der Waals surface area contributed by atoms with Crippen molar-refractivity contribution >= 4 is 37.6 Å². The number of alkyl halides is 1. The zero-order valence-electron chi connectivity index (χ0n) is 10.6. The Balaban J connectivity index is 2.31. The van der Waals surface area contributed by atoms with Crippen LogP contribution in [0.15, 0.2) is 29.2 Å². The Kier molecular flexibility index (Phi) is 5.29. The van der Waals surface area contributed by atoms with Gasteiger partial charge >= 0.3 is 0 Å². The van der Waals surface area contributed by atoms with Crippen LogP contribution in [-0.4, -0.2) is 30.6 Å². The summed E-state index contributed by atoms with van der Waals surface area (Å²) in [6, 6.07) is 6.80. The molecule has 0 radical (unpaired) electrons. The molecule has 2 rings (SSSR count). The number of rotatable bonds is 6. The van der Waals surface area contributed by atoms with Gasteiger partial charge in [0.05, 0.1) is 5.02 Å². The van der Waals surface area contributed by atoms with Gasteiger partial charge < -0.3 is 0 Å². The fraction of sp³-hybridized carbons (Fsp3) is 0.538. The predicted octanol–water partition coefficient (Wildman–Crippen LogP) is 3.67. The van der Waals surface area contributed by atoms with E-state index in [1.54, 1.807) is 28.6 Å². The van der Waals surface area contributed by atoms with Gasteiger partial charge in [0.25, 0.3) is 0 Å². The van der Waals surface area contributed by atoms with E-state index in [-0.39, 0.29) is 10.9 Å². The van der Waals surface area contributed by atoms with Gasteiger partial charge in [-0.1, -0.05) is 46.1 Å². The van der Waals surface area contributed by atoms with Gasteiger partial charge in [-0.15, -0.1) is 0 Å². The summed E-state index contributed by atoms with van der Waals surface area (Å²) in [5.74, 6) is 0. The highest BCUT2D eigenvalue weighted by Gasteiger charge is 2.35. The minimum atomic E-state index is -3.48. The first-order chi connectivity index (χ1) is 9.07. The summed E-state index contributed by atoms with van der Waals surface area (Å²) in [7, 11) is -3.48. The Hall–Kier alpha value is -0.100. The number of hydrogen-bond acceptors (Lipinski definition) is 2. The van der Waals surface area contributed by atoms with Crippen LogP contribution in [0, 0.1) is 0 Å². The van der Waals surface area contributed by atoms with Crippen molar-refractivity contribution in [2.24, 2.45) is 0 Å². The molecule has 0 aromatic heterocycles. The second-order valence-corrected chi connectivity index (χ2v) is 7.73. The van der Waals surface area contributed by atoms with E-state index in [4.69, 9.17) is 11.6 Å². The average Bonchev–Trinajstić information content (AvgIpc) is 2.32. The molecule has 3 nitrogen and oxygen atoms in total. The Morgan fingerprint density at radius 1 is 1.32 bits per heavy atom. The maximum atomic E-state index is 12.7. The fourth-order valence-electron chi connectivity index (χ4n) is 2.17. The van der Waals surface area contributed by atoms with E-state index in [2.05, 4.69) is 15.9 Å². The van der Waals surface area contributed by atoms with Gasteiger partial charge in [0.1, 0.15) is 4.90 Å². The van der Waals surface area contributed by atoms with Crippen molar-refractivity contribution in [1.82, 2.24) is 4.31 Å². The van der Waals surface area contributed by atoms with Crippen LogP contribution in [0.1, 0.15) is 25.7 Å². The van der Waals surface area contributed by atoms with Crippen molar-refractivity contribution in [3.05, 3.63) is 29.3 Å². The first-order valence-electron chi connectivity index (χ1n) is 6.39. The van der Waals surface area contributed by atoms with Gasteiger partial charge in [-0.2, -0.15) is 4.31 Å². The van der Waals surface area contributed by atoms with Crippen LogP contribution in [0.5, 0.6) is 0 Å². The van der Waals surface area contributed by atoms with Crippen LogP contribution in [0.4, 0.5) is 0 Å². The fourth-order valence-corrected chi connectivity index (χ4v) is 4.64. The smallest absolute Gasteiger partial charge is 0.207 e. The number of nitrogens with zero attached hydrogens (tertiary/aromatic N) is 1. The number of halogens is 2. The molecular formula is C13H17BrClNO2S. The maximum Gasteiger partial charge on any atom is 0.244 e. The van der Waals surface area contributed by atoms with Crippen molar-refractivity contribution in [3.63, 3.8) is 0 Å². The van der Waals surface area contributed by atoms with E-state index in [1.807, 2.05) is 0 Å². The third-order valence-electron chi connectivity index (χ3n) is 3.42. The van der Waals surface area contributed by atoms with E-state index in [1.165, 1.54) is 0 Å². The van der Waals surface area contributed by atoms with Gasteiger partial charge in [0.15, 0.2) is 0 Å². The van der Waals surface area contributed by atoms with Crippen molar-refractivity contribution in [1.29, 1.82) is 0 Å². The van der Waals surface area contributed by atoms with E-state index in [0.29, 0.717) is 11.6 Å². The SMILES string of the molecule is O=S(=O)(c1ccccc1Cl)N(CCCBr)C1CCC1. The number of sulfonamides is 1. The quantitative estimate of drug-likeness (QED) is 0.720. The molecule has 106 valence electrons. The Morgan fingerprint density at radius 2 is 2.00 bits per heavy atom. The first-order valence-corrected chi connectivity index (χ1v) is 9.33. The minimum absolute atomic E-state index is 0.139. The zero-order chi connectivity index (χ0) is 13.9. The largest absolute Gasteiger partial charge is 0.244 e. The highest BCUT2D eigenvalue weighted by molar-refractivity contribution is 9.09. The Labute approximate surface area is 128 Å². The van der Waals surface area contributed by atoms with Gasteiger partial charge in [-0.3, -0.25) is 0 Å². The summed E-state index contributed by atoms with van der Waals surface area (Å²) in [6.45, 7) is 0.545. The lowest BCUT2D eigenvalue weighted by Crippen LogP contribution is -2.44. The van der Waals surface area contributed by atoms with Gasteiger partial charge in [-0.25, -0.2) is 8.42 Å². The first kappa shape index (κ1) is 15.3. The molecule has 0 heterocycles. The summed E-state index contributed by atoms with van der Waals surface area (Å²) in [5.41, 5.74) is 0. The molecule has 0 bridgehead atoms. The third-order valence-corrected chi connectivity index (χ3v) is 6.43. The Bertz CT molecular complexity index is 531. The predicted molar refractivity (Wildman–Crippen MR) is 81.4 cm³/mol.